The van der Waals surface area contributed by atoms with Gasteiger partial charge in [0.05, 0.1) is 12.2 Å². The van der Waals surface area contributed by atoms with Crippen LogP contribution in [0.2, 0.25) is 0 Å². The fourth-order valence-corrected chi connectivity index (χ4v) is 4.89. The average molecular weight is 544 g/mol. The summed E-state index contributed by atoms with van der Waals surface area (Å²) in [7, 11) is 1.98. The second-order valence-electron chi connectivity index (χ2n) is 10.8. The number of ether oxygens (including phenoxy) is 3. The third-order valence-electron chi connectivity index (χ3n) is 7.16. The molecule has 0 N–H and O–H groups in total. The van der Waals surface area contributed by atoms with Gasteiger partial charge < -0.3 is 24.0 Å². The Hall–Kier alpha value is -2.05. The van der Waals surface area contributed by atoms with Gasteiger partial charge in [-0.05, 0) is 25.0 Å². The van der Waals surface area contributed by atoms with Crippen molar-refractivity contribution in [2.75, 3.05) is 33.5 Å². The lowest BCUT2D eigenvalue weighted by Gasteiger charge is -2.20. The highest BCUT2D eigenvalue weighted by molar-refractivity contribution is 5.91. The van der Waals surface area contributed by atoms with Crippen LogP contribution < -0.4 is 0 Å². The minimum atomic E-state index is -0.321. The molecule has 1 heterocycles. The van der Waals surface area contributed by atoms with Crippen molar-refractivity contribution in [3.05, 3.63) is 54.5 Å². The van der Waals surface area contributed by atoms with Gasteiger partial charge in [0, 0.05) is 39.2 Å². The van der Waals surface area contributed by atoms with E-state index in [0.717, 1.165) is 18.6 Å². The molecule has 0 spiro atoms. The quantitative estimate of drug-likeness (QED) is 0.0970. The first-order valence-electron chi connectivity index (χ1n) is 15.6. The summed E-state index contributed by atoms with van der Waals surface area (Å²) >= 11 is 0. The molecule has 1 aliphatic heterocycles. The third kappa shape index (κ3) is 15.4. The van der Waals surface area contributed by atoms with Crippen molar-refractivity contribution < 1.29 is 19.0 Å². The van der Waals surface area contributed by atoms with E-state index in [1.807, 2.05) is 67.1 Å². The monoisotopic (exact) mass is 543 g/mol. The van der Waals surface area contributed by atoms with Crippen LogP contribution in [0.3, 0.4) is 0 Å². The molecule has 0 fully saturated rings. The number of esters is 1. The van der Waals surface area contributed by atoms with Gasteiger partial charge in [-0.15, -0.1) is 0 Å². The fourth-order valence-electron chi connectivity index (χ4n) is 4.89. The van der Waals surface area contributed by atoms with Gasteiger partial charge in [-0.3, -0.25) is 0 Å². The Labute approximate surface area is 239 Å². The predicted octanol–water partition coefficient (Wildman–Crippen LogP) is 8.08. The molecule has 0 saturated carbocycles. The first-order chi connectivity index (χ1) is 19.1. The number of carbonyl (C=O) groups excluding carboxylic acids is 1. The maximum atomic E-state index is 12.9. The van der Waals surface area contributed by atoms with E-state index in [1.165, 1.54) is 83.5 Å². The molecule has 1 unspecified atom stereocenters. The van der Waals surface area contributed by atoms with Crippen molar-refractivity contribution in [2.24, 2.45) is 0 Å². The van der Waals surface area contributed by atoms with E-state index in [9.17, 15) is 4.79 Å². The Balaban J connectivity index is 1.52. The van der Waals surface area contributed by atoms with E-state index in [4.69, 9.17) is 14.2 Å². The molecular weight excluding hydrogens is 488 g/mol. The summed E-state index contributed by atoms with van der Waals surface area (Å²) in [6.07, 6.45) is 22.6. The van der Waals surface area contributed by atoms with Crippen molar-refractivity contribution in [2.45, 2.75) is 116 Å². The standard InChI is InChI=1S/C33H55N2O4/c1-4-6-7-8-9-10-11-12-13-14-15-16-17-20-25-37-27-31(38-5-2)28-39-33(36)32-22-19-18-21-30(32)26-35-24-23-34(3)29-35/h18-19,21-24,29,31H,4-17,20,25-28H2,1-3H3. The van der Waals surface area contributed by atoms with Gasteiger partial charge in [0.15, 0.2) is 0 Å². The summed E-state index contributed by atoms with van der Waals surface area (Å²) in [4.78, 5) is 16.9. The molecule has 1 aromatic rings. The molecule has 0 saturated heterocycles. The molecule has 6 heteroatoms. The summed E-state index contributed by atoms with van der Waals surface area (Å²) in [5.41, 5.74) is 1.52. The second-order valence-corrected chi connectivity index (χ2v) is 10.8. The number of hydrogen-bond acceptors (Lipinski definition) is 6. The number of unbranched alkanes of at least 4 members (excludes halogenated alkanes) is 13. The minimum Gasteiger partial charge on any atom is -0.459 e. The zero-order valence-corrected chi connectivity index (χ0v) is 25.1. The lowest BCUT2D eigenvalue weighted by atomic mass is 10.0. The smallest absolute Gasteiger partial charge is 0.338 e. The van der Waals surface area contributed by atoms with Crippen LogP contribution in [-0.4, -0.2) is 55.3 Å². The van der Waals surface area contributed by atoms with Gasteiger partial charge in [-0.2, -0.15) is 0 Å². The summed E-state index contributed by atoms with van der Waals surface area (Å²) in [5.74, 6) is -0.321. The van der Waals surface area contributed by atoms with Crippen LogP contribution in [0.25, 0.3) is 0 Å². The summed E-state index contributed by atoms with van der Waals surface area (Å²) in [6.45, 7) is 8.76. The van der Waals surface area contributed by atoms with Gasteiger partial charge in [0.25, 0.3) is 0 Å². The Morgan fingerprint density at radius 1 is 0.795 bits per heavy atom. The molecule has 0 aromatic heterocycles. The first-order valence-corrected chi connectivity index (χ1v) is 15.6. The van der Waals surface area contributed by atoms with Gasteiger partial charge >= 0.3 is 5.97 Å². The summed E-state index contributed by atoms with van der Waals surface area (Å²) < 4.78 is 17.3. The van der Waals surface area contributed by atoms with E-state index in [-0.39, 0.29) is 18.7 Å². The van der Waals surface area contributed by atoms with E-state index >= 15 is 0 Å². The van der Waals surface area contributed by atoms with Gasteiger partial charge in [0.2, 0.25) is 0 Å². The summed E-state index contributed by atoms with van der Waals surface area (Å²) in [5, 5.41) is 0. The van der Waals surface area contributed by atoms with Crippen LogP contribution in [0, 0.1) is 6.67 Å². The Bertz CT molecular complexity index is 785. The average Bonchev–Trinajstić information content (AvgIpc) is 3.35. The molecule has 1 atom stereocenters. The molecule has 1 aromatic carbocycles. The van der Waals surface area contributed by atoms with Crippen LogP contribution in [0.5, 0.6) is 0 Å². The molecule has 2 rings (SSSR count). The van der Waals surface area contributed by atoms with Crippen molar-refractivity contribution in [3.63, 3.8) is 0 Å². The van der Waals surface area contributed by atoms with Gasteiger partial charge in [0.1, 0.15) is 19.4 Å². The second kappa shape index (κ2) is 21.7. The Kier molecular flexibility index (Phi) is 18.5. The van der Waals surface area contributed by atoms with E-state index < -0.39 is 0 Å². The molecule has 6 nitrogen and oxygen atoms in total. The van der Waals surface area contributed by atoms with Crippen molar-refractivity contribution in [1.29, 1.82) is 0 Å². The molecule has 1 radical (unpaired) electrons. The zero-order chi connectivity index (χ0) is 28.0. The van der Waals surface area contributed by atoms with Crippen LogP contribution in [0.15, 0.2) is 36.7 Å². The molecule has 0 bridgehead atoms. The lowest BCUT2D eigenvalue weighted by Crippen LogP contribution is -2.28. The van der Waals surface area contributed by atoms with Crippen molar-refractivity contribution in [1.82, 2.24) is 9.80 Å². The Morgan fingerprint density at radius 3 is 2.00 bits per heavy atom. The van der Waals surface area contributed by atoms with E-state index in [0.29, 0.717) is 25.3 Å². The largest absolute Gasteiger partial charge is 0.459 e. The molecule has 221 valence electrons. The predicted molar refractivity (Wildman–Crippen MR) is 160 cm³/mol. The number of nitrogens with zero attached hydrogens (tertiary/aromatic N) is 2. The SMILES string of the molecule is CCCCCCCCCCCCCCCCOCC(COC(=O)c1ccccc1CN1[CH]N(C)C=C1)OCC. The normalized spacial score (nSPS) is 13.8. The van der Waals surface area contributed by atoms with Gasteiger partial charge in [-0.1, -0.05) is 109 Å². The van der Waals surface area contributed by atoms with E-state index in [2.05, 4.69) is 6.92 Å². The number of benzene rings is 1. The molecule has 1 aliphatic rings. The highest BCUT2D eigenvalue weighted by Gasteiger charge is 2.18. The van der Waals surface area contributed by atoms with Crippen LogP contribution in [0.1, 0.15) is 120 Å². The third-order valence-corrected chi connectivity index (χ3v) is 7.16. The zero-order valence-electron chi connectivity index (χ0n) is 25.1. The molecule has 0 amide bonds. The molecule has 0 aliphatic carbocycles. The number of carbonyl (C=O) groups is 1. The van der Waals surface area contributed by atoms with Crippen molar-refractivity contribution in [3.8, 4) is 0 Å². The van der Waals surface area contributed by atoms with Crippen LogP contribution in [0.4, 0.5) is 0 Å². The van der Waals surface area contributed by atoms with E-state index in [1.54, 1.807) is 0 Å². The fraction of sp³-hybridized carbons (Fsp3) is 0.697. The van der Waals surface area contributed by atoms with Crippen LogP contribution >= 0.6 is 0 Å². The lowest BCUT2D eigenvalue weighted by molar-refractivity contribution is -0.0466. The number of hydrogen-bond donors (Lipinski definition) is 0. The number of rotatable bonds is 24. The Morgan fingerprint density at radius 2 is 1.41 bits per heavy atom. The highest BCUT2D eigenvalue weighted by Crippen LogP contribution is 2.18. The topological polar surface area (TPSA) is 51.2 Å². The minimum absolute atomic E-state index is 0.193. The van der Waals surface area contributed by atoms with Gasteiger partial charge in [-0.25, -0.2) is 4.79 Å². The highest BCUT2D eigenvalue weighted by atomic mass is 16.6. The molecule has 39 heavy (non-hydrogen) atoms. The summed E-state index contributed by atoms with van der Waals surface area (Å²) in [6, 6.07) is 7.61. The van der Waals surface area contributed by atoms with Crippen molar-refractivity contribution >= 4 is 5.97 Å². The molecular formula is C33H55N2O4. The maximum Gasteiger partial charge on any atom is 0.338 e. The van der Waals surface area contributed by atoms with Crippen LogP contribution in [-0.2, 0) is 20.8 Å². The first kappa shape index (κ1) is 33.2. The maximum absolute atomic E-state index is 12.9.